The van der Waals surface area contributed by atoms with E-state index in [4.69, 9.17) is 0 Å². The van der Waals surface area contributed by atoms with E-state index in [-0.39, 0.29) is 0 Å². The largest absolute Gasteiger partial charge is 0.264 e. The lowest BCUT2D eigenvalue weighted by Gasteiger charge is -2.01. The Labute approximate surface area is 92.8 Å². The molecule has 0 saturated heterocycles. The van der Waals surface area contributed by atoms with Crippen LogP contribution in [0.3, 0.4) is 0 Å². The zero-order valence-corrected chi connectivity index (χ0v) is 8.54. The number of hydrogen-bond donors (Lipinski definition) is 0. The third-order valence-corrected chi connectivity index (χ3v) is 2.44. The zero-order valence-electron chi connectivity index (χ0n) is 8.54. The molecule has 3 aromatic heterocycles. The SMILES string of the molecule is c1ccc(-c2cnc3ccncc3c2)nc1. The van der Waals surface area contributed by atoms with Crippen LogP contribution in [0, 0.1) is 0 Å². The topological polar surface area (TPSA) is 38.7 Å². The molecule has 3 nitrogen and oxygen atoms in total. The summed E-state index contributed by atoms with van der Waals surface area (Å²) in [6.45, 7) is 0. The van der Waals surface area contributed by atoms with Crippen LogP contribution in [0.5, 0.6) is 0 Å². The normalized spacial score (nSPS) is 10.5. The van der Waals surface area contributed by atoms with Crippen molar-refractivity contribution in [1.29, 1.82) is 0 Å². The first-order chi connectivity index (χ1) is 7.93. The minimum atomic E-state index is 0.931. The van der Waals surface area contributed by atoms with Crippen molar-refractivity contribution in [2.45, 2.75) is 0 Å². The fourth-order valence-electron chi connectivity index (χ4n) is 1.65. The van der Waals surface area contributed by atoms with E-state index >= 15 is 0 Å². The molecule has 0 amide bonds. The molecule has 3 heteroatoms. The highest BCUT2D eigenvalue weighted by Gasteiger charge is 2.00. The van der Waals surface area contributed by atoms with Gasteiger partial charge in [-0.05, 0) is 24.3 Å². The molecular formula is C13H9N3. The summed E-state index contributed by atoms with van der Waals surface area (Å²) in [5, 5.41) is 1.03. The lowest BCUT2D eigenvalue weighted by molar-refractivity contribution is 1.29. The second-order valence-electron chi connectivity index (χ2n) is 3.51. The number of fused-ring (bicyclic) bond motifs is 1. The Morgan fingerprint density at radius 2 is 1.88 bits per heavy atom. The van der Waals surface area contributed by atoms with Crippen LogP contribution in [0.25, 0.3) is 22.2 Å². The average Bonchev–Trinajstić information content (AvgIpc) is 2.39. The summed E-state index contributed by atoms with van der Waals surface area (Å²) < 4.78 is 0. The molecule has 16 heavy (non-hydrogen) atoms. The lowest BCUT2D eigenvalue weighted by atomic mass is 10.1. The maximum atomic E-state index is 4.38. The molecule has 76 valence electrons. The van der Waals surface area contributed by atoms with Crippen molar-refractivity contribution in [2.75, 3.05) is 0 Å². The summed E-state index contributed by atoms with van der Waals surface area (Å²) in [6, 6.07) is 9.80. The van der Waals surface area contributed by atoms with Crippen LogP contribution in [0.15, 0.2) is 55.1 Å². The Bertz CT molecular complexity index is 620. The summed E-state index contributed by atoms with van der Waals surface area (Å²) in [4.78, 5) is 12.8. The van der Waals surface area contributed by atoms with Crippen molar-refractivity contribution < 1.29 is 0 Å². The fourth-order valence-corrected chi connectivity index (χ4v) is 1.65. The lowest BCUT2D eigenvalue weighted by Crippen LogP contribution is -1.85. The van der Waals surface area contributed by atoms with Gasteiger partial charge in [-0.25, -0.2) is 0 Å². The van der Waals surface area contributed by atoms with E-state index in [1.54, 1.807) is 12.4 Å². The van der Waals surface area contributed by atoms with Crippen LogP contribution in [-0.4, -0.2) is 15.0 Å². The smallest absolute Gasteiger partial charge is 0.0733 e. The van der Waals surface area contributed by atoms with E-state index in [9.17, 15) is 0 Å². The van der Waals surface area contributed by atoms with Crippen LogP contribution in [-0.2, 0) is 0 Å². The summed E-state index contributed by atoms with van der Waals surface area (Å²) >= 11 is 0. The molecule has 0 bridgehead atoms. The molecule has 0 aromatic carbocycles. The van der Waals surface area contributed by atoms with Crippen LogP contribution in [0.4, 0.5) is 0 Å². The standard InChI is InChI=1S/C13H9N3/c1-2-5-15-12(3-1)11-7-10-8-14-6-4-13(10)16-9-11/h1-9H. The molecule has 0 radical (unpaired) electrons. The van der Waals surface area contributed by atoms with Gasteiger partial charge in [0.2, 0.25) is 0 Å². The summed E-state index contributed by atoms with van der Waals surface area (Å²) in [6.07, 6.45) is 7.18. The molecule has 0 spiro atoms. The highest BCUT2D eigenvalue weighted by Crippen LogP contribution is 2.19. The summed E-state index contributed by atoms with van der Waals surface area (Å²) in [7, 11) is 0. The van der Waals surface area contributed by atoms with Gasteiger partial charge in [0.15, 0.2) is 0 Å². The number of nitrogens with zero attached hydrogens (tertiary/aromatic N) is 3. The Balaban J connectivity index is 2.19. The number of pyridine rings is 3. The van der Waals surface area contributed by atoms with Crippen molar-refractivity contribution in [3.8, 4) is 11.3 Å². The van der Waals surface area contributed by atoms with Crippen molar-refractivity contribution in [3.05, 3.63) is 55.1 Å². The molecule has 3 heterocycles. The molecule has 0 atom stereocenters. The number of aromatic nitrogens is 3. The molecule has 0 saturated carbocycles. The van der Waals surface area contributed by atoms with Gasteiger partial charge >= 0.3 is 0 Å². The maximum Gasteiger partial charge on any atom is 0.0733 e. The third kappa shape index (κ3) is 1.52. The van der Waals surface area contributed by atoms with E-state index in [0.29, 0.717) is 0 Å². The van der Waals surface area contributed by atoms with E-state index in [1.807, 2.05) is 36.7 Å². The van der Waals surface area contributed by atoms with Gasteiger partial charge in [-0.3, -0.25) is 15.0 Å². The van der Waals surface area contributed by atoms with E-state index < -0.39 is 0 Å². The molecule has 3 aromatic rings. The molecule has 0 aliphatic heterocycles. The Hall–Kier alpha value is -2.29. The average molecular weight is 207 g/mol. The highest BCUT2D eigenvalue weighted by molar-refractivity contribution is 5.81. The molecule has 0 unspecified atom stereocenters. The van der Waals surface area contributed by atoms with Gasteiger partial charge in [-0.1, -0.05) is 6.07 Å². The predicted molar refractivity (Wildman–Crippen MR) is 62.8 cm³/mol. The molecule has 0 aliphatic rings. The van der Waals surface area contributed by atoms with Crippen LogP contribution >= 0.6 is 0 Å². The van der Waals surface area contributed by atoms with Gasteiger partial charge in [0.25, 0.3) is 0 Å². The second-order valence-corrected chi connectivity index (χ2v) is 3.51. The molecule has 0 N–H and O–H groups in total. The minimum Gasteiger partial charge on any atom is -0.264 e. The first kappa shape index (κ1) is 8.97. The predicted octanol–water partition coefficient (Wildman–Crippen LogP) is 2.69. The number of hydrogen-bond acceptors (Lipinski definition) is 3. The van der Waals surface area contributed by atoms with Crippen molar-refractivity contribution >= 4 is 10.9 Å². The van der Waals surface area contributed by atoms with E-state index in [2.05, 4.69) is 21.0 Å². The second kappa shape index (κ2) is 3.70. The van der Waals surface area contributed by atoms with Crippen LogP contribution in [0.2, 0.25) is 0 Å². The Kier molecular flexibility index (Phi) is 2.07. The quantitative estimate of drug-likeness (QED) is 0.615. The molecule has 0 fully saturated rings. The number of rotatable bonds is 1. The van der Waals surface area contributed by atoms with Gasteiger partial charge < -0.3 is 0 Å². The van der Waals surface area contributed by atoms with Crippen LogP contribution in [0.1, 0.15) is 0 Å². The van der Waals surface area contributed by atoms with Crippen molar-refractivity contribution in [1.82, 2.24) is 15.0 Å². The summed E-state index contributed by atoms with van der Waals surface area (Å²) in [5.74, 6) is 0. The van der Waals surface area contributed by atoms with E-state index in [1.165, 1.54) is 0 Å². The van der Waals surface area contributed by atoms with Crippen molar-refractivity contribution in [2.24, 2.45) is 0 Å². The van der Waals surface area contributed by atoms with Gasteiger partial charge in [0.05, 0.1) is 11.2 Å². The maximum absolute atomic E-state index is 4.38. The van der Waals surface area contributed by atoms with Crippen molar-refractivity contribution in [3.63, 3.8) is 0 Å². The molecule has 3 rings (SSSR count). The molecular weight excluding hydrogens is 198 g/mol. The Morgan fingerprint density at radius 1 is 0.875 bits per heavy atom. The minimum absolute atomic E-state index is 0.931. The van der Waals surface area contributed by atoms with E-state index in [0.717, 1.165) is 22.2 Å². The third-order valence-electron chi connectivity index (χ3n) is 2.44. The van der Waals surface area contributed by atoms with Gasteiger partial charge in [0, 0.05) is 35.7 Å². The zero-order chi connectivity index (χ0) is 10.8. The monoisotopic (exact) mass is 207 g/mol. The highest BCUT2D eigenvalue weighted by atomic mass is 14.7. The first-order valence-corrected chi connectivity index (χ1v) is 5.05. The Morgan fingerprint density at radius 3 is 2.75 bits per heavy atom. The first-order valence-electron chi connectivity index (χ1n) is 5.05. The van der Waals surface area contributed by atoms with Gasteiger partial charge in [0.1, 0.15) is 0 Å². The molecule has 0 aliphatic carbocycles. The van der Waals surface area contributed by atoms with Gasteiger partial charge in [-0.15, -0.1) is 0 Å². The van der Waals surface area contributed by atoms with Crippen LogP contribution < -0.4 is 0 Å². The fraction of sp³-hybridized carbons (Fsp3) is 0. The van der Waals surface area contributed by atoms with Gasteiger partial charge in [-0.2, -0.15) is 0 Å². The summed E-state index contributed by atoms with van der Waals surface area (Å²) in [5.41, 5.74) is 2.90.